The summed E-state index contributed by atoms with van der Waals surface area (Å²) in [5.41, 5.74) is 5.80. The van der Waals surface area contributed by atoms with E-state index in [2.05, 4.69) is 26.0 Å². The molecule has 0 saturated carbocycles. The molecule has 0 aliphatic rings. The molecule has 0 amide bonds. The van der Waals surface area contributed by atoms with Gasteiger partial charge in [-0.3, -0.25) is 4.79 Å². The molecule has 0 aromatic heterocycles. The van der Waals surface area contributed by atoms with Crippen molar-refractivity contribution in [3.8, 4) is 0 Å². The van der Waals surface area contributed by atoms with Gasteiger partial charge in [0.25, 0.3) is 0 Å². The van der Waals surface area contributed by atoms with Crippen molar-refractivity contribution < 1.29 is 14.3 Å². The van der Waals surface area contributed by atoms with Gasteiger partial charge in [-0.1, -0.05) is 135 Å². The Bertz CT molecular complexity index is 480. The van der Waals surface area contributed by atoms with Crippen LogP contribution in [0, 0.1) is 0 Å². The summed E-state index contributed by atoms with van der Waals surface area (Å²) >= 11 is 0. The number of hydrogen-bond donors (Lipinski definition) is 1. The minimum absolute atomic E-state index is 0.112. The van der Waals surface area contributed by atoms with E-state index in [9.17, 15) is 4.79 Å². The molecular formula is C33H65NO3. The van der Waals surface area contributed by atoms with Gasteiger partial charge in [-0.2, -0.15) is 0 Å². The Hall–Kier alpha value is -0.870. The predicted octanol–water partition coefficient (Wildman–Crippen LogP) is 9.83. The van der Waals surface area contributed by atoms with Crippen molar-refractivity contribution >= 4 is 5.97 Å². The summed E-state index contributed by atoms with van der Waals surface area (Å²) in [6.07, 6.45) is 34.6. The lowest BCUT2D eigenvalue weighted by atomic mass is 10.1. The summed E-state index contributed by atoms with van der Waals surface area (Å²) in [7, 11) is 0. The monoisotopic (exact) mass is 523 g/mol. The van der Waals surface area contributed by atoms with Gasteiger partial charge in [0, 0.05) is 19.6 Å². The Labute approximate surface area is 231 Å². The third-order valence-corrected chi connectivity index (χ3v) is 7.19. The maximum absolute atomic E-state index is 12.0. The lowest BCUT2D eigenvalue weighted by molar-refractivity contribution is -0.147. The van der Waals surface area contributed by atoms with Gasteiger partial charge in [-0.25, -0.2) is 0 Å². The SMILES string of the molecule is CCCCCCCCC=CCCCCCCCC(=O)OCC(CN)OCCCCCCCCCCCC. The summed E-state index contributed by atoms with van der Waals surface area (Å²) in [4.78, 5) is 12.0. The van der Waals surface area contributed by atoms with Crippen LogP contribution in [0.5, 0.6) is 0 Å². The Morgan fingerprint density at radius 3 is 1.54 bits per heavy atom. The standard InChI is InChI=1S/C33H65NO3/c1-3-5-7-9-11-13-15-16-17-18-19-20-22-24-26-28-33(35)37-31-32(30-34)36-29-27-25-23-21-14-12-10-8-6-4-2/h16-17,32H,3-15,18-31,34H2,1-2H3. The Morgan fingerprint density at radius 2 is 1.05 bits per heavy atom. The van der Waals surface area contributed by atoms with Crippen LogP contribution in [0.4, 0.5) is 0 Å². The lowest BCUT2D eigenvalue weighted by Crippen LogP contribution is -2.30. The molecule has 0 spiro atoms. The predicted molar refractivity (Wildman–Crippen MR) is 161 cm³/mol. The number of carbonyl (C=O) groups is 1. The number of rotatable bonds is 30. The zero-order chi connectivity index (χ0) is 27.1. The molecule has 1 atom stereocenters. The summed E-state index contributed by atoms with van der Waals surface area (Å²) in [6.45, 7) is 5.94. The van der Waals surface area contributed by atoms with Crippen LogP contribution >= 0.6 is 0 Å². The second-order valence-corrected chi connectivity index (χ2v) is 10.9. The number of nitrogens with two attached hydrogens (primary N) is 1. The minimum Gasteiger partial charge on any atom is -0.463 e. The molecule has 4 nitrogen and oxygen atoms in total. The average Bonchev–Trinajstić information content (AvgIpc) is 2.91. The van der Waals surface area contributed by atoms with Crippen LogP contribution in [0.25, 0.3) is 0 Å². The Morgan fingerprint density at radius 1 is 0.622 bits per heavy atom. The topological polar surface area (TPSA) is 61.5 Å². The summed E-state index contributed by atoms with van der Waals surface area (Å²) in [6, 6.07) is 0. The molecule has 0 bridgehead atoms. The van der Waals surface area contributed by atoms with Crippen molar-refractivity contribution in [2.24, 2.45) is 5.73 Å². The molecule has 0 saturated heterocycles. The molecule has 0 aliphatic carbocycles. The van der Waals surface area contributed by atoms with Crippen molar-refractivity contribution in [2.45, 2.75) is 174 Å². The van der Waals surface area contributed by atoms with E-state index in [1.54, 1.807) is 0 Å². The van der Waals surface area contributed by atoms with Crippen LogP contribution in [0.1, 0.15) is 168 Å². The number of ether oxygens (including phenoxy) is 2. The highest BCUT2D eigenvalue weighted by atomic mass is 16.6. The van der Waals surface area contributed by atoms with Gasteiger partial charge >= 0.3 is 5.97 Å². The molecule has 4 heteroatoms. The summed E-state index contributed by atoms with van der Waals surface area (Å²) in [5, 5.41) is 0. The molecule has 220 valence electrons. The van der Waals surface area contributed by atoms with Crippen LogP contribution in [-0.4, -0.2) is 31.8 Å². The van der Waals surface area contributed by atoms with Gasteiger partial charge in [-0.05, 0) is 38.5 Å². The molecule has 0 aliphatic heterocycles. The maximum atomic E-state index is 12.0. The molecule has 1 unspecified atom stereocenters. The first kappa shape index (κ1) is 36.1. The van der Waals surface area contributed by atoms with Gasteiger partial charge in [0.15, 0.2) is 0 Å². The molecule has 0 aromatic carbocycles. The fourth-order valence-electron chi connectivity index (χ4n) is 4.62. The molecule has 0 radical (unpaired) electrons. The molecule has 0 heterocycles. The van der Waals surface area contributed by atoms with Crippen LogP contribution < -0.4 is 5.73 Å². The van der Waals surface area contributed by atoms with Gasteiger partial charge in [0.1, 0.15) is 12.7 Å². The normalized spacial score (nSPS) is 12.4. The lowest BCUT2D eigenvalue weighted by Gasteiger charge is -2.16. The van der Waals surface area contributed by atoms with E-state index >= 15 is 0 Å². The number of carbonyl (C=O) groups excluding carboxylic acids is 1. The van der Waals surface area contributed by atoms with Crippen LogP contribution in [0.15, 0.2) is 12.2 Å². The van der Waals surface area contributed by atoms with Crippen molar-refractivity contribution in [1.29, 1.82) is 0 Å². The first-order chi connectivity index (χ1) is 18.2. The number of esters is 1. The zero-order valence-electron chi connectivity index (χ0n) is 25.1. The van der Waals surface area contributed by atoms with E-state index in [4.69, 9.17) is 15.2 Å². The van der Waals surface area contributed by atoms with E-state index in [0.29, 0.717) is 19.6 Å². The molecular weight excluding hydrogens is 458 g/mol. The van der Waals surface area contributed by atoms with Gasteiger partial charge in [0.05, 0.1) is 0 Å². The maximum Gasteiger partial charge on any atom is 0.305 e. The Kier molecular flexibility index (Phi) is 30.6. The average molecular weight is 524 g/mol. The first-order valence-electron chi connectivity index (χ1n) is 16.4. The van der Waals surface area contributed by atoms with Crippen molar-refractivity contribution in [3.63, 3.8) is 0 Å². The second kappa shape index (κ2) is 31.3. The molecule has 0 aromatic rings. The number of hydrogen-bond acceptors (Lipinski definition) is 4. The van der Waals surface area contributed by atoms with Crippen molar-refractivity contribution in [2.75, 3.05) is 19.8 Å². The molecule has 0 rings (SSSR count). The quantitative estimate of drug-likeness (QED) is 0.0578. The molecule has 37 heavy (non-hydrogen) atoms. The van der Waals surface area contributed by atoms with Crippen molar-refractivity contribution in [1.82, 2.24) is 0 Å². The smallest absolute Gasteiger partial charge is 0.305 e. The van der Waals surface area contributed by atoms with E-state index in [-0.39, 0.29) is 18.7 Å². The minimum atomic E-state index is -0.170. The summed E-state index contributed by atoms with van der Waals surface area (Å²) < 4.78 is 11.2. The zero-order valence-corrected chi connectivity index (χ0v) is 25.1. The van der Waals surface area contributed by atoms with Gasteiger partial charge < -0.3 is 15.2 Å². The third kappa shape index (κ3) is 29.5. The van der Waals surface area contributed by atoms with Crippen LogP contribution in [0.2, 0.25) is 0 Å². The van der Waals surface area contributed by atoms with E-state index < -0.39 is 0 Å². The highest BCUT2D eigenvalue weighted by Gasteiger charge is 2.11. The van der Waals surface area contributed by atoms with E-state index in [1.807, 2.05) is 0 Å². The van der Waals surface area contributed by atoms with E-state index in [1.165, 1.54) is 128 Å². The Balaban J connectivity index is 3.44. The molecule has 0 fully saturated rings. The number of unbranched alkanes of at least 4 members (excludes halogenated alkanes) is 20. The van der Waals surface area contributed by atoms with Crippen LogP contribution in [0.3, 0.4) is 0 Å². The highest BCUT2D eigenvalue weighted by molar-refractivity contribution is 5.69. The largest absolute Gasteiger partial charge is 0.463 e. The van der Waals surface area contributed by atoms with Crippen LogP contribution in [-0.2, 0) is 14.3 Å². The fraction of sp³-hybridized carbons (Fsp3) is 0.909. The number of allylic oxidation sites excluding steroid dienone is 2. The van der Waals surface area contributed by atoms with E-state index in [0.717, 1.165) is 19.3 Å². The summed E-state index contributed by atoms with van der Waals surface area (Å²) in [5.74, 6) is -0.112. The molecule has 2 N–H and O–H groups in total. The second-order valence-electron chi connectivity index (χ2n) is 10.9. The highest BCUT2D eigenvalue weighted by Crippen LogP contribution is 2.12. The third-order valence-electron chi connectivity index (χ3n) is 7.19. The van der Waals surface area contributed by atoms with Crippen molar-refractivity contribution in [3.05, 3.63) is 12.2 Å². The van der Waals surface area contributed by atoms with Gasteiger partial charge in [-0.15, -0.1) is 0 Å². The van der Waals surface area contributed by atoms with Gasteiger partial charge in [0.2, 0.25) is 0 Å². The fourth-order valence-corrected chi connectivity index (χ4v) is 4.62. The first-order valence-corrected chi connectivity index (χ1v) is 16.4.